The maximum Gasteiger partial charge on any atom is 0.228 e. The Morgan fingerprint density at radius 3 is 2.71 bits per heavy atom. The molecule has 4 heteroatoms. The second-order valence-electron chi connectivity index (χ2n) is 11.3. The molecule has 0 bridgehead atoms. The van der Waals surface area contributed by atoms with E-state index in [9.17, 15) is 14.4 Å². The molecule has 4 aliphatic carbocycles. The molecule has 1 aromatic carbocycles. The number of carbonyl (C=O) groups is 1. The highest BCUT2D eigenvalue weighted by Crippen LogP contribution is 2.64. The standard InChI is InChI=1S/C27H35FN2O/c1-16-3-6-20-17(13-16)4-7-22-21(20)11-12-27(2)23(22)8-9-24(27)26(31)30-25-10-5-19(28)14-18(25)15-29/h5,10,14,16-17,20-24H,3-4,6-9,11-13H2,1-2H3,(H,30,31)/t16?,17?,20?,21?,22?,23?,24-,27?/m1/s1. The fourth-order valence-corrected chi connectivity index (χ4v) is 8.46. The number of amides is 1. The van der Waals surface area contributed by atoms with Gasteiger partial charge in [0, 0.05) is 5.92 Å². The minimum absolute atomic E-state index is 0.0147. The monoisotopic (exact) mass is 422 g/mol. The Balaban J connectivity index is 1.33. The van der Waals surface area contributed by atoms with Crippen LogP contribution in [-0.2, 0) is 4.79 Å². The van der Waals surface area contributed by atoms with Crippen LogP contribution in [0, 0.1) is 64.0 Å². The quantitative estimate of drug-likeness (QED) is 0.588. The lowest BCUT2D eigenvalue weighted by molar-refractivity contribution is -0.127. The van der Waals surface area contributed by atoms with Crippen molar-refractivity contribution in [3.63, 3.8) is 0 Å². The molecule has 5 rings (SSSR count). The van der Waals surface area contributed by atoms with E-state index in [-0.39, 0.29) is 22.8 Å². The van der Waals surface area contributed by atoms with Crippen LogP contribution in [0.3, 0.4) is 0 Å². The normalized spacial score (nSPS) is 41.4. The summed E-state index contributed by atoms with van der Waals surface area (Å²) in [7, 11) is 0. The average Bonchev–Trinajstić information content (AvgIpc) is 3.11. The molecule has 0 spiro atoms. The fourth-order valence-electron chi connectivity index (χ4n) is 8.46. The number of halogens is 1. The van der Waals surface area contributed by atoms with Gasteiger partial charge in [-0.05, 0) is 110 Å². The van der Waals surface area contributed by atoms with E-state index in [1.165, 1.54) is 56.7 Å². The zero-order valence-electron chi connectivity index (χ0n) is 18.9. The van der Waals surface area contributed by atoms with Crippen molar-refractivity contribution in [3.8, 4) is 6.07 Å². The van der Waals surface area contributed by atoms with Gasteiger partial charge in [0.15, 0.2) is 0 Å². The maximum atomic E-state index is 13.5. The fraction of sp³-hybridized carbons (Fsp3) is 0.704. The molecule has 0 heterocycles. The van der Waals surface area contributed by atoms with Crippen molar-refractivity contribution in [3.05, 3.63) is 29.6 Å². The van der Waals surface area contributed by atoms with Crippen molar-refractivity contribution in [1.29, 1.82) is 5.26 Å². The van der Waals surface area contributed by atoms with Gasteiger partial charge in [-0.25, -0.2) is 4.39 Å². The van der Waals surface area contributed by atoms with Crippen LogP contribution >= 0.6 is 0 Å². The van der Waals surface area contributed by atoms with E-state index < -0.39 is 5.82 Å². The molecule has 4 fully saturated rings. The number of nitrogens with zero attached hydrogens (tertiary/aromatic N) is 1. The first-order valence-corrected chi connectivity index (χ1v) is 12.4. The second kappa shape index (κ2) is 7.91. The van der Waals surface area contributed by atoms with Gasteiger partial charge in [0.25, 0.3) is 0 Å². The van der Waals surface area contributed by atoms with Crippen molar-refractivity contribution in [2.75, 3.05) is 5.32 Å². The summed E-state index contributed by atoms with van der Waals surface area (Å²) >= 11 is 0. The summed E-state index contributed by atoms with van der Waals surface area (Å²) in [6.45, 7) is 4.79. The topological polar surface area (TPSA) is 52.9 Å². The van der Waals surface area contributed by atoms with Crippen LogP contribution in [0.15, 0.2) is 18.2 Å². The third kappa shape index (κ3) is 3.49. The lowest BCUT2D eigenvalue weighted by Crippen LogP contribution is -2.49. The highest BCUT2D eigenvalue weighted by molar-refractivity contribution is 5.94. The summed E-state index contributed by atoms with van der Waals surface area (Å²) in [5, 5.41) is 12.3. The van der Waals surface area contributed by atoms with Crippen LogP contribution in [0.25, 0.3) is 0 Å². The third-order valence-electron chi connectivity index (χ3n) is 9.89. The molecule has 0 saturated heterocycles. The van der Waals surface area contributed by atoms with Gasteiger partial charge in [-0.15, -0.1) is 0 Å². The number of fused-ring (bicyclic) bond motifs is 5. The molecular formula is C27H35FN2O. The maximum absolute atomic E-state index is 13.5. The molecule has 4 aliphatic rings. The molecule has 1 N–H and O–H groups in total. The summed E-state index contributed by atoms with van der Waals surface area (Å²) in [6, 6.07) is 6.03. The molecule has 1 amide bonds. The first kappa shape index (κ1) is 21.0. The number of hydrogen-bond donors (Lipinski definition) is 1. The summed E-state index contributed by atoms with van der Waals surface area (Å²) < 4.78 is 13.5. The van der Waals surface area contributed by atoms with Crippen LogP contribution < -0.4 is 5.32 Å². The van der Waals surface area contributed by atoms with E-state index in [1.54, 1.807) is 0 Å². The van der Waals surface area contributed by atoms with E-state index in [4.69, 9.17) is 0 Å². The van der Waals surface area contributed by atoms with E-state index in [1.807, 2.05) is 6.07 Å². The van der Waals surface area contributed by atoms with E-state index in [0.29, 0.717) is 11.6 Å². The smallest absolute Gasteiger partial charge is 0.228 e. The van der Waals surface area contributed by atoms with Gasteiger partial charge in [-0.2, -0.15) is 5.26 Å². The third-order valence-corrected chi connectivity index (χ3v) is 9.89. The minimum atomic E-state index is -0.450. The lowest BCUT2D eigenvalue weighted by atomic mass is 9.49. The van der Waals surface area contributed by atoms with Gasteiger partial charge in [0.05, 0.1) is 11.3 Å². The zero-order valence-corrected chi connectivity index (χ0v) is 18.9. The Morgan fingerprint density at radius 1 is 1.10 bits per heavy atom. The SMILES string of the molecule is CC1CCC2C(CCC3C2CCC2(C)C3CC[C@@H]2C(=O)Nc2ccc(F)cc2C#N)C1. The molecule has 0 aromatic heterocycles. The molecule has 31 heavy (non-hydrogen) atoms. The largest absolute Gasteiger partial charge is 0.325 e. The molecular weight excluding hydrogens is 387 g/mol. The minimum Gasteiger partial charge on any atom is -0.325 e. The highest BCUT2D eigenvalue weighted by atomic mass is 19.1. The number of carbonyl (C=O) groups excluding carboxylic acids is 1. The van der Waals surface area contributed by atoms with Gasteiger partial charge < -0.3 is 5.32 Å². The second-order valence-corrected chi connectivity index (χ2v) is 11.3. The van der Waals surface area contributed by atoms with Crippen molar-refractivity contribution in [2.24, 2.45) is 46.8 Å². The number of benzene rings is 1. The van der Waals surface area contributed by atoms with E-state index in [0.717, 1.165) is 48.9 Å². The predicted octanol–water partition coefficient (Wildman–Crippen LogP) is 6.54. The lowest BCUT2D eigenvalue weighted by Gasteiger charge is -2.56. The Hall–Kier alpha value is -1.89. The Labute approximate surface area is 185 Å². The number of anilines is 1. The van der Waals surface area contributed by atoms with Crippen molar-refractivity contribution in [1.82, 2.24) is 0 Å². The first-order chi connectivity index (χ1) is 14.9. The Morgan fingerprint density at radius 2 is 1.90 bits per heavy atom. The molecule has 0 aliphatic heterocycles. The molecule has 4 saturated carbocycles. The Kier molecular flexibility index (Phi) is 5.35. The van der Waals surface area contributed by atoms with Gasteiger partial charge in [-0.1, -0.05) is 20.3 Å². The van der Waals surface area contributed by atoms with Crippen LogP contribution in [-0.4, -0.2) is 5.91 Å². The van der Waals surface area contributed by atoms with Gasteiger partial charge in [0.1, 0.15) is 11.9 Å². The molecule has 3 nitrogen and oxygen atoms in total. The number of rotatable bonds is 2. The summed E-state index contributed by atoms with van der Waals surface area (Å²) in [4.78, 5) is 13.3. The first-order valence-electron chi connectivity index (χ1n) is 12.4. The molecule has 0 radical (unpaired) electrons. The summed E-state index contributed by atoms with van der Waals surface area (Å²) in [5.74, 6) is 4.61. The van der Waals surface area contributed by atoms with Gasteiger partial charge in [0.2, 0.25) is 5.91 Å². The highest BCUT2D eigenvalue weighted by Gasteiger charge is 2.58. The van der Waals surface area contributed by atoms with Gasteiger partial charge >= 0.3 is 0 Å². The van der Waals surface area contributed by atoms with Crippen LogP contribution in [0.5, 0.6) is 0 Å². The summed E-state index contributed by atoms with van der Waals surface area (Å²) in [6.07, 6.45) is 11.5. The Bertz CT molecular complexity index is 907. The van der Waals surface area contributed by atoms with Crippen LogP contribution in [0.1, 0.15) is 77.2 Å². The molecule has 1 aromatic rings. The average molecular weight is 423 g/mol. The van der Waals surface area contributed by atoms with E-state index >= 15 is 0 Å². The molecule has 166 valence electrons. The zero-order chi connectivity index (χ0) is 21.8. The predicted molar refractivity (Wildman–Crippen MR) is 120 cm³/mol. The molecule has 8 atom stereocenters. The van der Waals surface area contributed by atoms with Crippen molar-refractivity contribution < 1.29 is 9.18 Å². The van der Waals surface area contributed by atoms with Crippen molar-refractivity contribution in [2.45, 2.75) is 71.6 Å². The number of nitrogens with one attached hydrogen (secondary N) is 1. The van der Waals surface area contributed by atoms with Crippen LogP contribution in [0.2, 0.25) is 0 Å². The number of nitriles is 1. The summed E-state index contributed by atoms with van der Waals surface area (Å²) in [5.41, 5.74) is 0.681. The van der Waals surface area contributed by atoms with Crippen LogP contribution in [0.4, 0.5) is 10.1 Å². The number of hydrogen-bond acceptors (Lipinski definition) is 2. The molecule has 7 unspecified atom stereocenters. The van der Waals surface area contributed by atoms with E-state index in [2.05, 4.69) is 19.2 Å². The van der Waals surface area contributed by atoms with Crippen molar-refractivity contribution >= 4 is 11.6 Å². The van der Waals surface area contributed by atoms with Gasteiger partial charge in [-0.3, -0.25) is 4.79 Å².